The molecule has 0 aliphatic carbocycles. The van der Waals surface area contributed by atoms with Crippen LogP contribution in [0, 0.1) is 6.92 Å². The molecule has 0 fully saturated rings. The Hall–Kier alpha value is -8.94. The number of aromatic nitrogens is 2. The average molecular weight is 1050 g/mol. The summed E-state index contributed by atoms with van der Waals surface area (Å²) in [6.07, 6.45) is 0.822. The zero-order valence-electron chi connectivity index (χ0n) is 44.3. The summed E-state index contributed by atoms with van der Waals surface area (Å²) in [6.45, 7) is 7.52. The summed E-state index contributed by atoms with van der Waals surface area (Å²) in [5, 5.41) is 13.5. The maximum atomic E-state index is 2.79. The van der Waals surface area contributed by atoms with Crippen LogP contribution in [0.25, 0.3) is 98.8 Å². The van der Waals surface area contributed by atoms with Gasteiger partial charge in [0.25, 0.3) is 0 Å². The van der Waals surface area contributed by atoms with Crippen molar-refractivity contribution in [1.29, 1.82) is 0 Å². The molecule has 0 N–H and O–H groups in total. The first-order chi connectivity index (χ1) is 39.4. The van der Waals surface area contributed by atoms with Crippen molar-refractivity contribution in [2.45, 2.75) is 36.2 Å². The molecule has 0 saturated heterocycles. The summed E-state index contributed by atoms with van der Waals surface area (Å²) in [4.78, 5) is 8.12. The number of fused-ring (bicyclic) bond motifs is 21. The lowest BCUT2D eigenvalue weighted by Gasteiger charge is -2.49. The Balaban J connectivity index is 0.806. The predicted octanol–water partition coefficient (Wildman–Crippen LogP) is 14.2. The third kappa shape index (κ3) is 5.12. The number of hydrogen-bond acceptors (Lipinski definition) is 3. The SMILES string of the molecule is Cc1cc2c3c(c1)-n1c4cc5ccccc5cc4c4cccc(c41)B3N1c3ccc(Cc4cc5c6c(c4)-n4c7ccc8ccccc8c7c7cccc(c74)B6N4c6ccccc6Sc6cccc-5c64)cc3[Si](C)(C)c3cccc-2c31. The van der Waals surface area contributed by atoms with Crippen LogP contribution in [0.1, 0.15) is 16.7 Å². The molecule has 6 aliphatic rings. The van der Waals surface area contributed by atoms with Gasteiger partial charge in [-0.25, -0.2) is 0 Å². The minimum atomic E-state index is -2.30. The number of anilines is 4. The first kappa shape index (κ1) is 43.0. The second-order valence-corrected chi connectivity index (χ2v) is 29.4. The Morgan fingerprint density at radius 2 is 1.06 bits per heavy atom. The topological polar surface area (TPSA) is 16.3 Å². The maximum Gasteiger partial charge on any atom is 0.333 e. The summed E-state index contributed by atoms with van der Waals surface area (Å²) in [5.74, 6) is 0. The lowest BCUT2D eigenvalue weighted by molar-refractivity contribution is 1.13. The number of nitrogens with zero attached hydrogens (tertiary/aromatic N) is 4. The normalized spacial score (nSPS) is 14.9. The molecule has 0 spiro atoms. The van der Waals surface area contributed by atoms with Crippen molar-refractivity contribution in [2.24, 2.45) is 0 Å². The van der Waals surface area contributed by atoms with E-state index in [1.54, 1.807) is 0 Å². The molecule has 20 rings (SSSR count). The summed E-state index contributed by atoms with van der Waals surface area (Å²) in [6, 6.07) is 82.7. The highest BCUT2D eigenvalue weighted by atomic mass is 32.2. The maximum absolute atomic E-state index is 2.79. The molecule has 14 aromatic rings. The molecule has 4 nitrogen and oxygen atoms in total. The third-order valence-corrected chi connectivity index (χ3v) is 24.2. The molecule has 0 bridgehead atoms. The van der Waals surface area contributed by atoms with Gasteiger partial charge in [-0.1, -0.05) is 183 Å². The van der Waals surface area contributed by atoms with E-state index in [0.717, 1.165) is 6.42 Å². The van der Waals surface area contributed by atoms with Gasteiger partial charge in [-0.15, -0.1) is 0 Å². The molecule has 0 amide bonds. The van der Waals surface area contributed by atoms with Crippen molar-refractivity contribution in [1.82, 2.24) is 9.13 Å². The van der Waals surface area contributed by atoms with Crippen LogP contribution < -0.4 is 41.8 Å². The first-order valence-electron chi connectivity index (χ1n) is 28.3. The zero-order chi connectivity index (χ0) is 52.2. The van der Waals surface area contributed by atoms with Gasteiger partial charge in [0.05, 0.1) is 27.8 Å². The summed E-state index contributed by atoms with van der Waals surface area (Å²) >= 11 is 1.92. The van der Waals surface area contributed by atoms with Crippen LogP contribution in [-0.2, 0) is 6.42 Å². The Labute approximate surface area is 468 Å². The minimum Gasteiger partial charge on any atom is -0.377 e. The summed E-state index contributed by atoms with van der Waals surface area (Å²) < 4.78 is 5.27. The molecule has 0 atom stereocenters. The van der Waals surface area contributed by atoms with Gasteiger partial charge < -0.3 is 18.8 Å². The fraction of sp³-hybridized carbons (Fsp3) is 0.0556. The van der Waals surface area contributed by atoms with E-state index in [-0.39, 0.29) is 13.7 Å². The molecule has 12 aromatic carbocycles. The molecule has 370 valence electrons. The van der Waals surface area contributed by atoms with E-state index in [1.165, 1.54) is 180 Å². The molecule has 0 saturated carbocycles. The van der Waals surface area contributed by atoms with Crippen LogP contribution in [0.3, 0.4) is 0 Å². The van der Waals surface area contributed by atoms with Gasteiger partial charge in [-0.3, -0.25) is 0 Å². The van der Waals surface area contributed by atoms with Gasteiger partial charge in [-0.05, 0) is 150 Å². The van der Waals surface area contributed by atoms with Crippen LogP contribution in [-0.4, -0.2) is 30.9 Å². The van der Waals surface area contributed by atoms with E-state index in [1.807, 2.05) is 11.8 Å². The van der Waals surface area contributed by atoms with Gasteiger partial charge in [0.15, 0.2) is 0 Å². The van der Waals surface area contributed by atoms with Crippen LogP contribution in [0.15, 0.2) is 222 Å². The number of hydrogen-bond donors (Lipinski definition) is 0. The number of rotatable bonds is 2. The molecule has 8 heteroatoms. The Morgan fingerprint density at radius 3 is 1.91 bits per heavy atom. The van der Waals surface area contributed by atoms with E-state index < -0.39 is 8.07 Å². The van der Waals surface area contributed by atoms with Crippen LogP contribution in [0.4, 0.5) is 22.7 Å². The second-order valence-electron chi connectivity index (χ2n) is 24.0. The molecule has 0 unspecified atom stereocenters. The van der Waals surface area contributed by atoms with Gasteiger partial charge in [0.2, 0.25) is 0 Å². The molecule has 0 radical (unpaired) electrons. The quantitative estimate of drug-likeness (QED) is 0.161. The molecule has 2 aromatic heterocycles. The highest BCUT2D eigenvalue weighted by Gasteiger charge is 2.51. The third-order valence-electron chi connectivity index (χ3n) is 19.6. The van der Waals surface area contributed by atoms with Crippen LogP contribution >= 0.6 is 11.8 Å². The van der Waals surface area contributed by atoms with Crippen molar-refractivity contribution in [3.63, 3.8) is 0 Å². The molecular formula is C72H46B2N4SSi. The number of aryl methyl sites for hydroxylation is 1. The van der Waals surface area contributed by atoms with E-state index in [4.69, 9.17) is 0 Å². The molecule has 8 heterocycles. The van der Waals surface area contributed by atoms with Crippen molar-refractivity contribution in [2.75, 3.05) is 9.62 Å². The van der Waals surface area contributed by atoms with Crippen molar-refractivity contribution >= 4 is 154 Å². The van der Waals surface area contributed by atoms with E-state index >= 15 is 0 Å². The molecule has 6 aliphatic heterocycles. The zero-order valence-corrected chi connectivity index (χ0v) is 46.1. The van der Waals surface area contributed by atoms with Crippen molar-refractivity contribution in [3.8, 4) is 33.6 Å². The molecule has 80 heavy (non-hydrogen) atoms. The minimum absolute atomic E-state index is 0.00245. The van der Waals surface area contributed by atoms with E-state index in [0.29, 0.717) is 0 Å². The summed E-state index contributed by atoms with van der Waals surface area (Å²) in [7, 11) is -2.30. The van der Waals surface area contributed by atoms with Gasteiger partial charge in [-0.2, -0.15) is 0 Å². The number of benzene rings is 12. The Kier molecular flexibility index (Phi) is 7.87. The highest BCUT2D eigenvalue weighted by Crippen LogP contribution is 2.55. The second kappa shape index (κ2) is 14.6. The Bertz CT molecular complexity index is 5300. The summed E-state index contributed by atoms with van der Waals surface area (Å²) in [5.41, 5.74) is 28.2. The molecular weight excluding hydrogens is 1000 g/mol. The monoisotopic (exact) mass is 1050 g/mol. The fourth-order valence-corrected chi connectivity index (χ4v) is 20.6. The first-order valence-corrected chi connectivity index (χ1v) is 32.2. The van der Waals surface area contributed by atoms with Crippen LogP contribution in [0.2, 0.25) is 13.1 Å². The van der Waals surface area contributed by atoms with Crippen molar-refractivity contribution < 1.29 is 0 Å². The average Bonchev–Trinajstić information content (AvgIpc) is 4.11. The largest absolute Gasteiger partial charge is 0.377 e. The van der Waals surface area contributed by atoms with Gasteiger partial charge in [0, 0.05) is 70.9 Å². The van der Waals surface area contributed by atoms with Gasteiger partial charge >= 0.3 is 13.7 Å². The Morgan fingerprint density at radius 1 is 0.412 bits per heavy atom. The van der Waals surface area contributed by atoms with Crippen LogP contribution in [0.5, 0.6) is 0 Å². The highest BCUT2D eigenvalue weighted by molar-refractivity contribution is 7.99. The smallest absolute Gasteiger partial charge is 0.333 e. The number of para-hydroxylation sites is 5. The van der Waals surface area contributed by atoms with Crippen molar-refractivity contribution in [3.05, 3.63) is 229 Å². The lowest BCUT2D eigenvalue weighted by Crippen LogP contribution is -2.68. The van der Waals surface area contributed by atoms with E-state index in [9.17, 15) is 0 Å². The van der Waals surface area contributed by atoms with Gasteiger partial charge in [0.1, 0.15) is 8.07 Å². The van der Waals surface area contributed by atoms with E-state index in [2.05, 4.69) is 251 Å². The predicted molar refractivity (Wildman–Crippen MR) is 343 cm³/mol. The lowest BCUT2D eigenvalue weighted by atomic mass is 9.44. The fourth-order valence-electron chi connectivity index (χ4n) is 16.4. The standard InChI is InChI=1S/C72H46B2N4SSi/c1-40-32-52-49-20-13-27-64-72(49)78(74-54-22-10-18-47-51-38-44-15-4-5-16-45(44)39-59(51)76(69(47)54)60(33-40)67(52)74)57-30-28-41(37-65(57)80(64,2)3)34-42-35-53-48-19-12-26-63-71(48)77(56-24-8-9-25-62(56)79-63)73-55-23-11-21-50-66-46-17-7-6-14-43(46)29-31-58(66)75(70(50)55)61(36-42)68(53)73/h4-33,35-39H,34H2,1-3H3.